The highest BCUT2D eigenvalue weighted by Gasteiger charge is 2.21. The first-order valence-corrected chi connectivity index (χ1v) is 9.97. The number of halogens is 1. The van der Waals surface area contributed by atoms with E-state index in [0.717, 1.165) is 52.8 Å². The van der Waals surface area contributed by atoms with Gasteiger partial charge in [0.2, 0.25) is 0 Å². The third-order valence-electron chi connectivity index (χ3n) is 5.32. The van der Waals surface area contributed by atoms with Crippen LogP contribution in [0.25, 0.3) is 22.3 Å². The first kappa shape index (κ1) is 18.0. The van der Waals surface area contributed by atoms with E-state index in [2.05, 4.69) is 27.0 Å². The van der Waals surface area contributed by atoms with Gasteiger partial charge in [-0.2, -0.15) is 0 Å². The molecule has 3 heterocycles. The fourth-order valence-electron chi connectivity index (χ4n) is 3.82. The minimum atomic E-state index is -0.0683. The number of hydrogen-bond acceptors (Lipinski definition) is 4. The van der Waals surface area contributed by atoms with Crippen LogP contribution >= 0.6 is 11.6 Å². The van der Waals surface area contributed by atoms with Gasteiger partial charge in [-0.05, 0) is 42.0 Å². The van der Waals surface area contributed by atoms with Crippen LogP contribution in [-0.4, -0.2) is 26.4 Å². The molecule has 1 N–H and O–H groups in total. The maximum Gasteiger partial charge on any atom is 0.255 e. The van der Waals surface area contributed by atoms with Crippen molar-refractivity contribution < 1.29 is 0 Å². The normalized spacial score (nSPS) is 14.1. The number of fused-ring (bicyclic) bond motifs is 2. The number of nitrogens with one attached hydrogen (secondary N) is 1. The molecule has 144 valence electrons. The molecule has 5 nitrogen and oxygen atoms in total. The number of aromatic nitrogens is 3. The summed E-state index contributed by atoms with van der Waals surface area (Å²) in [4.78, 5) is 27.2. The van der Waals surface area contributed by atoms with Gasteiger partial charge in [0, 0.05) is 48.2 Å². The van der Waals surface area contributed by atoms with Crippen molar-refractivity contribution in [2.75, 3.05) is 6.54 Å². The monoisotopic (exact) mass is 402 g/mol. The highest BCUT2D eigenvalue weighted by molar-refractivity contribution is 6.30. The molecular formula is C23H19ClN4O. The number of pyridine rings is 1. The van der Waals surface area contributed by atoms with Crippen LogP contribution < -0.4 is 5.56 Å². The zero-order valence-corrected chi connectivity index (χ0v) is 16.5. The van der Waals surface area contributed by atoms with Gasteiger partial charge in [-0.15, -0.1) is 0 Å². The molecule has 5 rings (SSSR count). The maximum absolute atomic E-state index is 12.7. The van der Waals surface area contributed by atoms with Crippen LogP contribution in [0.2, 0.25) is 5.02 Å². The molecular weight excluding hydrogens is 384 g/mol. The molecule has 0 saturated heterocycles. The molecule has 2 aromatic heterocycles. The Kier molecular flexibility index (Phi) is 4.62. The third-order valence-corrected chi connectivity index (χ3v) is 5.57. The van der Waals surface area contributed by atoms with Gasteiger partial charge in [-0.25, -0.2) is 4.98 Å². The number of para-hydroxylation sites is 1. The second kappa shape index (κ2) is 7.43. The van der Waals surface area contributed by atoms with Crippen molar-refractivity contribution in [2.24, 2.45) is 0 Å². The van der Waals surface area contributed by atoms with E-state index in [4.69, 9.17) is 16.6 Å². The zero-order chi connectivity index (χ0) is 19.8. The standard InChI is InChI=1S/C23H19ClN4O/c24-18-7-5-16(6-8-18)22-26-21-9-10-28(14-19(21)23(29)27-22)13-15-11-17-3-1-2-4-20(17)25-12-15/h1-8,11-12H,9-10,13-14H2,(H,26,27,29). The molecule has 1 aliphatic rings. The van der Waals surface area contributed by atoms with Gasteiger partial charge < -0.3 is 4.98 Å². The molecule has 2 aromatic carbocycles. The molecule has 0 unspecified atom stereocenters. The van der Waals surface area contributed by atoms with Crippen LogP contribution in [0.1, 0.15) is 16.8 Å². The van der Waals surface area contributed by atoms with E-state index in [0.29, 0.717) is 17.4 Å². The van der Waals surface area contributed by atoms with E-state index < -0.39 is 0 Å². The molecule has 0 atom stereocenters. The molecule has 6 heteroatoms. The SMILES string of the molecule is O=c1[nH]c(-c2ccc(Cl)cc2)nc2c1CN(Cc1cnc3ccccc3c1)CC2. The van der Waals surface area contributed by atoms with Crippen LogP contribution in [0.4, 0.5) is 0 Å². The number of rotatable bonds is 3. The van der Waals surface area contributed by atoms with Crippen molar-refractivity contribution in [1.82, 2.24) is 19.9 Å². The van der Waals surface area contributed by atoms with Gasteiger partial charge in [0.15, 0.2) is 0 Å². The molecule has 0 saturated carbocycles. The average Bonchev–Trinajstić information content (AvgIpc) is 2.74. The summed E-state index contributed by atoms with van der Waals surface area (Å²) in [5.74, 6) is 0.595. The van der Waals surface area contributed by atoms with Crippen molar-refractivity contribution >= 4 is 22.5 Å². The van der Waals surface area contributed by atoms with Gasteiger partial charge in [-0.1, -0.05) is 29.8 Å². The van der Waals surface area contributed by atoms with E-state index in [1.54, 1.807) is 12.1 Å². The van der Waals surface area contributed by atoms with Crippen molar-refractivity contribution in [3.63, 3.8) is 0 Å². The first-order chi connectivity index (χ1) is 14.2. The van der Waals surface area contributed by atoms with Gasteiger partial charge in [0.1, 0.15) is 5.82 Å². The molecule has 0 bridgehead atoms. The predicted octanol–water partition coefficient (Wildman–Crippen LogP) is 4.20. The first-order valence-electron chi connectivity index (χ1n) is 9.60. The Morgan fingerprint density at radius 3 is 2.79 bits per heavy atom. The summed E-state index contributed by atoms with van der Waals surface area (Å²) in [5, 5.41) is 1.79. The summed E-state index contributed by atoms with van der Waals surface area (Å²) >= 11 is 5.96. The van der Waals surface area contributed by atoms with Crippen LogP contribution in [0.15, 0.2) is 65.6 Å². The molecule has 0 fully saturated rings. The van der Waals surface area contributed by atoms with Crippen LogP contribution in [0.3, 0.4) is 0 Å². The van der Waals surface area contributed by atoms with Gasteiger partial charge in [-0.3, -0.25) is 14.7 Å². The number of benzene rings is 2. The van der Waals surface area contributed by atoms with Crippen molar-refractivity contribution in [3.05, 3.63) is 93.0 Å². The molecule has 0 aliphatic carbocycles. The van der Waals surface area contributed by atoms with Crippen LogP contribution in [0, 0.1) is 0 Å². The fourth-order valence-corrected chi connectivity index (χ4v) is 3.95. The maximum atomic E-state index is 12.7. The van der Waals surface area contributed by atoms with E-state index >= 15 is 0 Å². The topological polar surface area (TPSA) is 61.9 Å². The number of aromatic amines is 1. The summed E-state index contributed by atoms with van der Waals surface area (Å²) < 4.78 is 0. The van der Waals surface area contributed by atoms with Crippen molar-refractivity contribution in [3.8, 4) is 11.4 Å². The number of nitrogens with zero attached hydrogens (tertiary/aromatic N) is 3. The lowest BCUT2D eigenvalue weighted by Crippen LogP contribution is -2.35. The lowest BCUT2D eigenvalue weighted by molar-refractivity contribution is 0.241. The Morgan fingerprint density at radius 1 is 1.10 bits per heavy atom. The molecule has 0 radical (unpaired) electrons. The van der Waals surface area contributed by atoms with Crippen LogP contribution in [-0.2, 0) is 19.5 Å². The second-order valence-electron chi connectivity index (χ2n) is 7.34. The Bertz CT molecular complexity index is 1250. The second-order valence-corrected chi connectivity index (χ2v) is 7.78. The average molecular weight is 403 g/mol. The Morgan fingerprint density at radius 2 is 1.93 bits per heavy atom. The van der Waals surface area contributed by atoms with E-state index in [1.807, 2.05) is 36.5 Å². The minimum absolute atomic E-state index is 0.0683. The summed E-state index contributed by atoms with van der Waals surface area (Å²) in [7, 11) is 0. The van der Waals surface area contributed by atoms with E-state index in [1.165, 1.54) is 0 Å². The van der Waals surface area contributed by atoms with Gasteiger partial charge >= 0.3 is 0 Å². The van der Waals surface area contributed by atoms with Gasteiger partial charge in [0.05, 0.1) is 16.8 Å². The fraction of sp³-hybridized carbons (Fsp3) is 0.174. The number of hydrogen-bond donors (Lipinski definition) is 1. The van der Waals surface area contributed by atoms with Gasteiger partial charge in [0.25, 0.3) is 5.56 Å². The summed E-state index contributed by atoms with van der Waals surface area (Å²) in [6.45, 7) is 2.21. The highest BCUT2D eigenvalue weighted by atomic mass is 35.5. The van der Waals surface area contributed by atoms with E-state index in [9.17, 15) is 4.79 Å². The van der Waals surface area contributed by atoms with Crippen LogP contribution in [0.5, 0.6) is 0 Å². The smallest absolute Gasteiger partial charge is 0.255 e. The Balaban J connectivity index is 1.39. The predicted molar refractivity (Wildman–Crippen MR) is 115 cm³/mol. The quantitative estimate of drug-likeness (QED) is 0.558. The zero-order valence-electron chi connectivity index (χ0n) is 15.7. The molecule has 0 amide bonds. The Hall–Kier alpha value is -3.02. The molecule has 1 aliphatic heterocycles. The van der Waals surface area contributed by atoms with E-state index in [-0.39, 0.29) is 5.56 Å². The molecule has 4 aromatic rings. The lowest BCUT2D eigenvalue weighted by atomic mass is 10.1. The molecule has 29 heavy (non-hydrogen) atoms. The lowest BCUT2D eigenvalue weighted by Gasteiger charge is -2.27. The molecule has 0 spiro atoms. The minimum Gasteiger partial charge on any atom is -0.306 e. The summed E-state index contributed by atoms with van der Waals surface area (Å²) in [6, 6.07) is 17.6. The van der Waals surface area contributed by atoms with Crippen molar-refractivity contribution in [2.45, 2.75) is 19.5 Å². The number of H-pyrrole nitrogens is 1. The third kappa shape index (κ3) is 3.67. The summed E-state index contributed by atoms with van der Waals surface area (Å²) in [6.07, 6.45) is 2.67. The summed E-state index contributed by atoms with van der Waals surface area (Å²) in [5.41, 5.74) is 4.57. The highest BCUT2D eigenvalue weighted by Crippen LogP contribution is 2.22. The Labute approximate surface area is 173 Å². The van der Waals surface area contributed by atoms with Crippen molar-refractivity contribution in [1.29, 1.82) is 0 Å². The largest absolute Gasteiger partial charge is 0.306 e.